The minimum absolute atomic E-state index is 0.261. The van der Waals surface area contributed by atoms with Gasteiger partial charge in [0.15, 0.2) is 0 Å². The van der Waals surface area contributed by atoms with Gasteiger partial charge in [-0.05, 0) is 74.9 Å². The lowest BCUT2D eigenvalue weighted by Gasteiger charge is -2.06. The maximum Gasteiger partial charge on any atom is 0.271 e. The van der Waals surface area contributed by atoms with E-state index in [1.54, 1.807) is 24.3 Å². The van der Waals surface area contributed by atoms with E-state index in [1.165, 1.54) is 0 Å². The van der Waals surface area contributed by atoms with Gasteiger partial charge >= 0.3 is 0 Å². The van der Waals surface area contributed by atoms with Crippen LogP contribution in [0.5, 0.6) is 11.5 Å². The van der Waals surface area contributed by atoms with Crippen molar-refractivity contribution in [1.29, 1.82) is 0 Å². The van der Waals surface area contributed by atoms with E-state index in [4.69, 9.17) is 9.47 Å². The highest BCUT2D eigenvalue weighted by molar-refractivity contribution is 6.00. The van der Waals surface area contributed by atoms with Crippen molar-refractivity contribution in [3.8, 4) is 11.5 Å². The van der Waals surface area contributed by atoms with Crippen LogP contribution in [0.1, 0.15) is 36.7 Å². The van der Waals surface area contributed by atoms with E-state index in [1.807, 2.05) is 45.0 Å². The number of carbonyl (C=O) groups excluding carboxylic acids is 1. The Bertz CT molecular complexity index is 692. The molecule has 0 fully saturated rings. The Kier molecular flexibility index (Phi) is 6.37. The first-order valence-electron chi connectivity index (χ1n) is 7.94. The second kappa shape index (κ2) is 8.72. The van der Waals surface area contributed by atoms with Gasteiger partial charge in [-0.25, -0.2) is 5.43 Å². The van der Waals surface area contributed by atoms with Crippen LogP contribution in [0.2, 0.25) is 0 Å². The second-order valence-corrected chi connectivity index (χ2v) is 5.05. The van der Waals surface area contributed by atoms with Crippen LogP contribution in [0.3, 0.4) is 0 Å². The molecule has 0 aliphatic heterocycles. The summed E-state index contributed by atoms with van der Waals surface area (Å²) in [6.07, 6.45) is 0. The summed E-state index contributed by atoms with van der Waals surface area (Å²) in [6.45, 7) is 6.92. The SMILES string of the molecule is CCOc1ccc(C(=O)N/N=C(/C)c2ccc(OCC)cc2)cc1. The first kappa shape index (κ1) is 17.5. The highest BCUT2D eigenvalue weighted by atomic mass is 16.5. The Morgan fingerprint density at radius 2 is 1.33 bits per heavy atom. The smallest absolute Gasteiger partial charge is 0.271 e. The molecule has 0 radical (unpaired) electrons. The predicted molar refractivity (Wildman–Crippen MR) is 94.9 cm³/mol. The van der Waals surface area contributed by atoms with Gasteiger partial charge in [0.25, 0.3) is 5.91 Å². The quantitative estimate of drug-likeness (QED) is 0.624. The summed E-state index contributed by atoms with van der Waals surface area (Å²) >= 11 is 0. The summed E-state index contributed by atoms with van der Waals surface area (Å²) in [5, 5.41) is 4.15. The van der Waals surface area contributed by atoms with Crippen molar-refractivity contribution in [2.75, 3.05) is 13.2 Å². The van der Waals surface area contributed by atoms with E-state index in [0.717, 1.165) is 22.8 Å². The van der Waals surface area contributed by atoms with Gasteiger partial charge in [0.05, 0.1) is 18.9 Å². The fourth-order valence-electron chi connectivity index (χ4n) is 2.09. The first-order chi connectivity index (χ1) is 11.6. The molecule has 0 saturated heterocycles. The monoisotopic (exact) mass is 326 g/mol. The van der Waals surface area contributed by atoms with Crippen molar-refractivity contribution in [2.24, 2.45) is 5.10 Å². The third-order valence-electron chi connectivity index (χ3n) is 3.34. The number of hydrogen-bond donors (Lipinski definition) is 1. The molecule has 5 heteroatoms. The minimum atomic E-state index is -0.261. The lowest BCUT2D eigenvalue weighted by molar-refractivity contribution is 0.0955. The average Bonchev–Trinajstić information content (AvgIpc) is 2.61. The minimum Gasteiger partial charge on any atom is -0.494 e. The number of ether oxygens (including phenoxy) is 2. The standard InChI is InChI=1S/C19H22N2O3/c1-4-23-17-10-6-15(7-11-17)14(3)20-21-19(22)16-8-12-18(13-9-16)24-5-2/h6-13H,4-5H2,1-3H3,(H,21,22)/b20-14-. The Labute approximate surface area is 142 Å². The molecule has 126 valence electrons. The van der Waals surface area contributed by atoms with Gasteiger partial charge < -0.3 is 9.47 Å². The molecule has 0 bridgehead atoms. The molecular formula is C19H22N2O3. The van der Waals surface area contributed by atoms with Gasteiger partial charge in [0.2, 0.25) is 0 Å². The van der Waals surface area contributed by atoms with E-state index in [0.29, 0.717) is 18.8 Å². The molecule has 0 aliphatic rings. The van der Waals surface area contributed by atoms with Crippen molar-refractivity contribution in [3.63, 3.8) is 0 Å². The molecular weight excluding hydrogens is 304 g/mol. The molecule has 5 nitrogen and oxygen atoms in total. The molecule has 2 aromatic rings. The van der Waals surface area contributed by atoms with Gasteiger partial charge in [-0.1, -0.05) is 0 Å². The third kappa shape index (κ3) is 4.84. The Morgan fingerprint density at radius 1 is 0.875 bits per heavy atom. The van der Waals surface area contributed by atoms with Gasteiger partial charge in [0.1, 0.15) is 11.5 Å². The number of hydrogen-bond acceptors (Lipinski definition) is 4. The van der Waals surface area contributed by atoms with Crippen LogP contribution < -0.4 is 14.9 Å². The molecule has 0 aromatic heterocycles. The summed E-state index contributed by atoms with van der Waals surface area (Å²) in [5.41, 5.74) is 4.74. The molecule has 0 atom stereocenters. The normalized spacial score (nSPS) is 11.0. The van der Waals surface area contributed by atoms with Crippen LogP contribution in [0, 0.1) is 0 Å². The summed E-state index contributed by atoms with van der Waals surface area (Å²) in [5.74, 6) is 1.29. The van der Waals surface area contributed by atoms with Gasteiger partial charge in [-0.3, -0.25) is 4.79 Å². The van der Waals surface area contributed by atoms with Crippen LogP contribution >= 0.6 is 0 Å². The van der Waals surface area contributed by atoms with Gasteiger partial charge in [-0.15, -0.1) is 0 Å². The fraction of sp³-hybridized carbons (Fsp3) is 0.263. The molecule has 0 unspecified atom stereocenters. The molecule has 0 heterocycles. The van der Waals surface area contributed by atoms with Crippen molar-refractivity contribution in [1.82, 2.24) is 5.43 Å². The van der Waals surface area contributed by atoms with Crippen molar-refractivity contribution in [3.05, 3.63) is 59.7 Å². The molecule has 1 amide bonds. The lowest BCUT2D eigenvalue weighted by atomic mass is 10.1. The lowest BCUT2D eigenvalue weighted by Crippen LogP contribution is -2.19. The number of carbonyl (C=O) groups is 1. The van der Waals surface area contributed by atoms with Crippen LogP contribution in [0.15, 0.2) is 53.6 Å². The molecule has 0 spiro atoms. The van der Waals surface area contributed by atoms with E-state index < -0.39 is 0 Å². The summed E-state index contributed by atoms with van der Waals surface area (Å²) < 4.78 is 10.8. The van der Waals surface area contributed by atoms with Crippen LogP contribution in [0.4, 0.5) is 0 Å². The predicted octanol–water partition coefficient (Wildman–Crippen LogP) is 3.64. The third-order valence-corrected chi connectivity index (χ3v) is 3.34. The van der Waals surface area contributed by atoms with E-state index in [2.05, 4.69) is 10.5 Å². The number of rotatable bonds is 7. The van der Waals surface area contributed by atoms with Gasteiger partial charge in [-0.2, -0.15) is 5.10 Å². The molecule has 2 aromatic carbocycles. The molecule has 0 saturated carbocycles. The van der Waals surface area contributed by atoms with Crippen molar-refractivity contribution >= 4 is 11.6 Å². The largest absolute Gasteiger partial charge is 0.494 e. The maximum absolute atomic E-state index is 12.1. The topological polar surface area (TPSA) is 59.9 Å². The summed E-state index contributed by atoms with van der Waals surface area (Å²) in [4.78, 5) is 12.1. The Hall–Kier alpha value is -2.82. The fourth-order valence-corrected chi connectivity index (χ4v) is 2.09. The average molecular weight is 326 g/mol. The first-order valence-corrected chi connectivity index (χ1v) is 7.94. The number of benzene rings is 2. The highest BCUT2D eigenvalue weighted by Gasteiger charge is 2.05. The number of nitrogens with zero attached hydrogens (tertiary/aromatic N) is 1. The zero-order chi connectivity index (χ0) is 17.4. The van der Waals surface area contributed by atoms with Crippen molar-refractivity contribution < 1.29 is 14.3 Å². The van der Waals surface area contributed by atoms with E-state index in [-0.39, 0.29) is 5.91 Å². The van der Waals surface area contributed by atoms with Crippen LogP contribution in [0.25, 0.3) is 0 Å². The zero-order valence-electron chi connectivity index (χ0n) is 14.2. The van der Waals surface area contributed by atoms with Crippen LogP contribution in [-0.4, -0.2) is 24.8 Å². The molecule has 2 rings (SSSR count). The summed E-state index contributed by atoms with van der Waals surface area (Å²) in [7, 11) is 0. The number of nitrogens with one attached hydrogen (secondary N) is 1. The summed E-state index contributed by atoms with van der Waals surface area (Å²) in [6, 6.07) is 14.5. The van der Waals surface area contributed by atoms with Crippen LogP contribution in [-0.2, 0) is 0 Å². The molecule has 0 aliphatic carbocycles. The Morgan fingerprint density at radius 3 is 1.79 bits per heavy atom. The number of amides is 1. The maximum atomic E-state index is 12.1. The second-order valence-electron chi connectivity index (χ2n) is 5.05. The highest BCUT2D eigenvalue weighted by Crippen LogP contribution is 2.13. The van der Waals surface area contributed by atoms with E-state index >= 15 is 0 Å². The van der Waals surface area contributed by atoms with Crippen molar-refractivity contribution in [2.45, 2.75) is 20.8 Å². The van der Waals surface area contributed by atoms with Gasteiger partial charge in [0, 0.05) is 5.56 Å². The molecule has 24 heavy (non-hydrogen) atoms. The zero-order valence-corrected chi connectivity index (χ0v) is 14.2. The molecule has 1 N–H and O–H groups in total. The number of hydrazone groups is 1. The van der Waals surface area contributed by atoms with E-state index in [9.17, 15) is 4.79 Å². The Balaban J connectivity index is 1.99.